The minimum absolute atomic E-state index is 0.194. The van der Waals surface area contributed by atoms with Crippen LogP contribution in [0.25, 0.3) is 0 Å². The molecule has 0 spiro atoms. The highest BCUT2D eigenvalue weighted by Crippen LogP contribution is 2.17. The van der Waals surface area contributed by atoms with Crippen molar-refractivity contribution in [1.29, 1.82) is 0 Å². The summed E-state index contributed by atoms with van der Waals surface area (Å²) in [6.07, 6.45) is 1.45. The van der Waals surface area contributed by atoms with Crippen molar-refractivity contribution in [3.8, 4) is 0 Å². The molecule has 2 N–H and O–H groups in total. The lowest BCUT2D eigenvalue weighted by molar-refractivity contribution is 0.0932. The Balaban J connectivity index is 2.11. The summed E-state index contributed by atoms with van der Waals surface area (Å²) < 4.78 is 4.88. The summed E-state index contributed by atoms with van der Waals surface area (Å²) in [5.74, 6) is -0.620. The van der Waals surface area contributed by atoms with Crippen molar-refractivity contribution in [3.63, 3.8) is 0 Å². The second-order valence-electron chi connectivity index (χ2n) is 5.45. The van der Waals surface area contributed by atoms with E-state index in [0.717, 1.165) is 16.8 Å². The maximum atomic E-state index is 12.4. The van der Waals surface area contributed by atoms with Gasteiger partial charge in [-0.1, -0.05) is 12.1 Å². The van der Waals surface area contributed by atoms with E-state index >= 15 is 0 Å². The first kappa shape index (κ1) is 17.6. The number of pyridine rings is 1. The minimum atomic E-state index is -0.339. The molecule has 0 aliphatic heterocycles. The van der Waals surface area contributed by atoms with Gasteiger partial charge >= 0.3 is 0 Å². The molecule has 0 bridgehead atoms. The Morgan fingerprint density at radius 3 is 2.67 bits per heavy atom. The molecule has 2 amide bonds. The van der Waals surface area contributed by atoms with Crippen molar-refractivity contribution < 1.29 is 14.3 Å². The van der Waals surface area contributed by atoms with Crippen LogP contribution in [0.15, 0.2) is 36.5 Å². The molecule has 1 aromatic heterocycles. The van der Waals surface area contributed by atoms with Crippen LogP contribution in [0.1, 0.15) is 32.0 Å². The van der Waals surface area contributed by atoms with Gasteiger partial charge in [0.05, 0.1) is 6.61 Å². The van der Waals surface area contributed by atoms with Gasteiger partial charge in [-0.05, 0) is 43.2 Å². The SMILES string of the molecule is COCCNC(=O)c1cc(C(=O)Nc2cc(C)ccc2C)ccn1. The van der Waals surface area contributed by atoms with Gasteiger partial charge in [0.2, 0.25) is 0 Å². The van der Waals surface area contributed by atoms with E-state index in [-0.39, 0.29) is 17.5 Å². The van der Waals surface area contributed by atoms with Gasteiger partial charge in [-0.25, -0.2) is 0 Å². The first-order valence-corrected chi connectivity index (χ1v) is 7.63. The summed E-state index contributed by atoms with van der Waals surface area (Å²) in [7, 11) is 1.56. The highest BCUT2D eigenvalue weighted by molar-refractivity contribution is 6.06. The number of anilines is 1. The van der Waals surface area contributed by atoms with Gasteiger partial charge in [-0.2, -0.15) is 0 Å². The number of hydrogen-bond donors (Lipinski definition) is 2. The van der Waals surface area contributed by atoms with Crippen LogP contribution in [-0.2, 0) is 4.74 Å². The molecule has 6 nitrogen and oxygen atoms in total. The van der Waals surface area contributed by atoms with E-state index in [2.05, 4.69) is 15.6 Å². The number of amides is 2. The van der Waals surface area contributed by atoms with Gasteiger partial charge < -0.3 is 15.4 Å². The summed E-state index contributed by atoms with van der Waals surface area (Å²) in [5.41, 5.74) is 3.36. The highest BCUT2D eigenvalue weighted by Gasteiger charge is 2.12. The predicted molar refractivity (Wildman–Crippen MR) is 92.3 cm³/mol. The average molecular weight is 327 g/mol. The molecule has 6 heteroatoms. The number of carbonyl (C=O) groups is 2. The fraction of sp³-hybridized carbons (Fsp3) is 0.278. The van der Waals surface area contributed by atoms with Crippen molar-refractivity contribution in [2.24, 2.45) is 0 Å². The lowest BCUT2D eigenvalue weighted by atomic mass is 10.1. The van der Waals surface area contributed by atoms with E-state index in [1.165, 1.54) is 12.3 Å². The lowest BCUT2D eigenvalue weighted by Crippen LogP contribution is -2.28. The van der Waals surface area contributed by atoms with Gasteiger partial charge in [-0.3, -0.25) is 14.6 Å². The number of aryl methyl sites for hydroxylation is 2. The quantitative estimate of drug-likeness (QED) is 0.798. The normalized spacial score (nSPS) is 10.3. The van der Waals surface area contributed by atoms with Crippen molar-refractivity contribution in [2.75, 3.05) is 25.6 Å². The van der Waals surface area contributed by atoms with Crippen LogP contribution < -0.4 is 10.6 Å². The number of rotatable bonds is 6. The molecular formula is C18H21N3O3. The van der Waals surface area contributed by atoms with E-state index in [4.69, 9.17) is 4.74 Å². The lowest BCUT2D eigenvalue weighted by Gasteiger charge is -2.10. The molecule has 0 unspecified atom stereocenters. The molecule has 0 fully saturated rings. The Kier molecular flexibility index (Phi) is 6.03. The largest absolute Gasteiger partial charge is 0.383 e. The smallest absolute Gasteiger partial charge is 0.269 e. The fourth-order valence-electron chi connectivity index (χ4n) is 2.12. The number of hydrogen-bond acceptors (Lipinski definition) is 4. The topological polar surface area (TPSA) is 80.3 Å². The molecule has 0 saturated carbocycles. The van der Waals surface area contributed by atoms with Crippen LogP contribution in [0.5, 0.6) is 0 Å². The van der Waals surface area contributed by atoms with Crippen molar-refractivity contribution in [1.82, 2.24) is 10.3 Å². The second-order valence-corrected chi connectivity index (χ2v) is 5.45. The van der Waals surface area contributed by atoms with Crippen LogP contribution >= 0.6 is 0 Å². The van der Waals surface area contributed by atoms with Crippen molar-refractivity contribution in [2.45, 2.75) is 13.8 Å². The molecule has 2 rings (SSSR count). The Hall–Kier alpha value is -2.73. The van der Waals surface area contributed by atoms with Gasteiger partial charge in [-0.15, -0.1) is 0 Å². The predicted octanol–water partition coefficient (Wildman–Crippen LogP) is 2.33. The highest BCUT2D eigenvalue weighted by atomic mass is 16.5. The number of methoxy groups -OCH3 is 1. The van der Waals surface area contributed by atoms with Crippen LogP contribution in [0.3, 0.4) is 0 Å². The van der Waals surface area contributed by atoms with E-state index in [1.54, 1.807) is 13.2 Å². The third kappa shape index (κ3) is 4.63. The minimum Gasteiger partial charge on any atom is -0.383 e. The summed E-state index contributed by atoms with van der Waals surface area (Å²) in [5, 5.41) is 5.54. The van der Waals surface area contributed by atoms with E-state index in [9.17, 15) is 9.59 Å². The average Bonchev–Trinajstić information content (AvgIpc) is 2.58. The molecule has 0 aliphatic rings. The monoisotopic (exact) mass is 327 g/mol. The van der Waals surface area contributed by atoms with Gasteiger partial charge in [0.1, 0.15) is 5.69 Å². The summed E-state index contributed by atoms with van der Waals surface area (Å²) >= 11 is 0. The zero-order chi connectivity index (χ0) is 17.5. The first-order chi connectivity index (χ1) is 11.5. The number of ether oxygens (including phenoxy) is 1. The Labute approximate surface area is 141 Å². The number of aromatic nitrogens is 1. The number of nitrogens with zero attached hydrogens (tertiary/aromatic N) is 1. The van der Waals surface area contributed by atoms with Crippen LogP contribution in [0.4, 0.5) is 5.69 Å². The molecule has 126 valence electrons. The van der Waals surface area contributed by atoms with Crippen LogP contribution in [0, 0.1) is 13.8 Å². The molecule has 1 heterocycles. The van der Waals surface area contributed by atoms with Crippen molar-refractivity contribution >= 4 is 17.5 Å². The van der Waals surface area contributed by atoms with Gasteiger partial charge in [0.15, 0.2) is 0 Å². The number of nitrogens with one attached hydrogen (secondary N) is 2. The third-order valence-corrected chi connectivity index (χ3v) is 3.49. The molecule has 0 saturated heterocycles. The summed E-state index contributed by atoms with van der Waals surface area (Å²) in [4.78, 5) is 28.4. The number of carbonyl (C=O) groups excluding carboxylic acids is 2. The van der Waals surface area contributed by atoms with Crippen LogP contribution in [0.2, 0.25) is 0 Å². The molecule has 2 aromatic rings. The maximum absolute atomic E-state index is 12.4. The molecular weight excluding hydrogens is 306 g/mol. The Bertz CT molecular complexity index is 744. The van der Waals surface area contributed by atoms with Gasteiger partial charge in [0.25, 0.3) is 11.8 Å². The molecule has 24 heavy (non-hydrogen) atoms. The zero-order valence-corrected chi connectivity index (χ0v) is 14.1. The second kappa shape index (κ2) is 8.21. The van der Waals surface area contributed by atoms with Gasteiger partial charge in [0, 0.05) is 31.1 Å². The first-order valence-electron chi connectivity index (χ1n) is 7.63. The van der Waals surface area contributed by atoms with Crippen molar-refractivity contribution in [3.05, 3.63) is 58.9 Å². The standard InChI is InChI=1S/C18H21N3O3/c1-12-4-5-13(2)15(10-12)21-17(22)14-6-7-19-16(11-14)18(23)20-8-9-24-3/h4-7,10-11H,8-9H2,1-3H3,(H,20,23)(H,21,22). The third-order valence-electron chi connectivity index (χ3n) is 3.49. The Morgan fingerprint density at radius 2 is 1.92 bits per heavy atom. The molecule has 0 aliphatic carbocycles. The van der Waals surface area contributed by atoms with E-state index < -0.39 is 0 Å². The Morgan fingerprint density at radius 1 is 1.12 bits per heavy atom. The zero-order valence-electron chi connectivity index (χ0n) is 14.1. The number of benzene rings is 1. The van der Waals surface area contributed by atoms with E-state index in [1.807, 2.05) is 32.0 Å². The molecule has 0 atom stereocenters. The molecule has 0 radical (unpaired) electrons. The van der Waals surface area contributed by atoms with Crippen LogP contribution in [-0.4, -0.2) is 37.1 Å². The fourth-order valence-corrected chi connectivity index (χ4v) is 2.12. The maximum Gasteiger partial charge on any atom is 0.269 e. The summed E-state index contributed by atoms with van der Waals surface area (Å²) in [6.45, 7) is 4.69. The molecule has 1 aromatic carbocycles. The van der Waals surface area contributed by atoms with E-state index in [0.29, 0.717) is 18.7 Å². The summed E-state index contributed by atoms with van der Waals surface area (Å²) in [6, 6.07) is 8.90.